The monoisotopic (exact) mass is 260 g/mol. The van der Waals surface area contributed by atoms with E-state index in [-0.39, 0.29) is 11.9 Å². The molecule has 0 radical (unpaired) electrons. The summed E-state index contributed by atoms with van der Waals surface area (Å²) in [5.41, 5.74) is 6.10. The molecule has 0 saturated heterocycles. The highest BCUT2D eigenvalue weighted by atomic mass is 32.2. The third-order valence-electron chi connectivity index (χ3n) is 3.40. The maximum atomic E-state index is 11.7. The maximum Gasteiger partial charge on any atom is 0.236 e. The summed E-state index contributed by atoms with van der Waals surface area (Å²) < 4.78 is 5.08. The quantitative estimate of drug-likeness (QED) is 0.649. The predicted octanol–water partition coefficient (Wildman–Crippen LogP) is 1.000. The van der Waals surface area contributed by atoms with Crippen LogP contribution in [0.15, 0.2) is 0 Å². The van der Waals surface area contributed by atoms with E-state index >= 15 is 0 Å². The van der Waals surface area contributed by atoms with Crippen molar-refractivity contribution in [1.82, 2.24) is 5.32 Å². The van der Waals surface area contributed by atoms with Gasteiger partial charge in [0.25, 0.3) is 0 Å². The van der Waals surface area contributed by atoms with Crippen LogP contribution < -0.4 is 11.1 Å². The Hall–Kier alpha value is -0.260. The molecule has 0 spiro atoms. The van der Waals surface area contributed by atoms with Gasteiger partial charge in [0.05, 0.1) is 6.04 Å². The maximum absolute atomic E-state index is 11.7. The van der Waals surface area contributed by atoms with Gasteiger partial charge in [0.15, 0.2) is 0 Å². The predicted molar refractivity (Wildman–Crippen MR) is 72.1 cm³/mol. The molecule has 1 amide bonds. The van der Waals surface area contributed by atoms with Crippen molar-refractivity contribution in [3.05, 3.63) is 0 Å². The fourth-order valence-corrected chi connectivity index (χ4v) is 2.28. The molecule has 1 fully saturated rings. The Balaban J connectivity index is 2.18. The molecule has 1 rings (SSSR count). The van der Waals surface area contributed by atoms with Gasteiger partial charge in [-0.15, -0.1) is 0 Å². The summed E-state index contributed by atoms with van der Waals surface area (Å²) in [5, 5.41) is 2.97. The summed E-state index contributed by atoms with van der Waals surface area (Å²) in [5.74, 6) is 0.923. The van der Waals surface area contributed by atoms with Gasteiger partial charge in [-0.1, -0.05) is 0 Å². The zero-order chi connectivity index (χ0) is 12.7. The molecule has 0 heterocycles. The lowest BCUT2D eigenvalue weighted by Crippen LogP contribution is -2.43. The van der Waals surface area contributed by atoms with Gasteiger partial charge in [0.1, 0.15) is 0 Å². The third-order valence-corrected chi connectivity index (χ3v) is 4.04. The van der Waals surface area contributed by atoms with Crippen molar-refractivity contribution in [3.63, 3.8) is 0 Å². The van der Waals surface area contributed by atoms with Crippen molar-refractivity contribution in [2.24, 2.45) is 11.1 Å². The molecule has 4 nitrogen and oxygen atoms in total. The van der Waals surface area contributed by atoms with Crippen molar-refractivity contribution < 1.29 is 9.53 Å². The van der Waals surface area contributed by atoms with Crippen LogP contribution in [0.5, 0.6) is 0 Å². The molecule has 0 unspecified atom stereocenters. The van der Waals surface area contributed by atoms with E-state index in [0.29, 0.717) is 5.41 Å². The molecule has 1 atom stereocenters. The van der Waals surface area contributed by atoms with E-state index in [0.717, 1.165) is 31.7 Å². The van der Waals surface area contributed by atoms with Gasteiger partial charge < -0.3 is 15.8 Å². The Morgan fingerprint density at radius 2 is 2.29 bits per heavy atom. The number of methoxy groups -OCH3 is 1. The van der Waals surface area contributed by atoms with Crippen LogP contribution in [0.1, 0.15) is 25.7 Å². The summed E-state index contributed by atoms with van der Waals surface area (Å²) in [6.45, 7) is 1.52. The highest BCUT2D eigenvalue weighted by Gasteiger charge is 2.42. The van der Waals surface area contributed by atoms with E-state index in [1.165, 1.54) is 12.8 Å². The zero-order valence-electron chi connectivity index (χ0n) is 10.8. The summed E-state index contributed by atoms with van der Waals surface area (Å²) in [7, 11) is 1.72. The minimum atomic E-state index is -0.360. The summed E-state index contributed by atoms with van der Waals surface area (Å²) in [6.07, 6.45) is 6.18. The van der Waals surface area contributed by atoms with Gasteiger partial charge in [0.2, 0.25) is 5.91 Å². The first kappa shape index (κ1) is 14.8. The van der Waals surface area contributed by atoms with Crippen LogP contribution in [-0.4, -0.2) is 44.2 Å². The molecule has 1 aliphatic carbocycles. The molecule has 100 valence electrons. The molecule has 0 aromatic rings. The SMILES string of the molecule is COCCC1(CNC(=O)[C@@H](N)CCSC)CC1. The molecule has 3 N–H and O–H groups in total. The Morgan fingerprint density at radius 1 is 1.59 bits per heavy atom. The third kappa shape index (κ3) is 5.27. The largest absolute Gasteiger partial charge is 0.385 e. The van der Waals surface area contributed by atoms with E-state index in [9.17, 15) is 4.79 Å². The van der Waals surface area contributed by atoms with Crippen molar-refractivity contribution >= 4 is 17.7 Å². The Morgan fingerprint density at radius 3 is 2.82 bits per heavy atom. The first-order valence-corrected chi connectivity index (χ1v) is 7.54. The average molecular weight is 260 g/mol. The first-order chi connectivity index (χ1) is 8.13. The fourth-order valence-electron chi connectivity index (χ4n) is 1.79. The van der Waals surface area contributed by atoms with Gasteiger partial charge in [-0.2, -0.15) is 11.8 Å². The van der Waals surface area contributed by atoms with Crippen LogP contribution in [0.4, 0.5) is 0 Å². The van der Waals surface area contributed by atoms with Crippen LogP contribution in [0.25, 0.3) is 0 Å². The Bertz CT molecular complexity index is 245. The Kier molecular flexibility index (Phi) is 6.30. The molecule has 1 aliphatic rings. The molecule has 0 bridgehead atoms. The standard InChI is InChI=1S/C12H24N2O2S/c1-16-7-6-12(4-5-12)9-14-11(15)10(13)3-8-17-2/h10H,3-9,13H2,1-2H3,(H,14,15)/t10-/m0/s1. The first-order valence-electron chi connectivity index (χ1n) is 6.15. The summed E-state index contributed by atoms with van der Waals surface area (Å²) >= 11 is 1.72. The van der Waals surface area contributed by atoms with E-state index in [4.69, 9.17) is 10.5 Å². The number of rotatable bonds is 9. The lowest BCUT2D eigenvalue weighted by atomic mass is 10.0. The lowest BCUT2D eigenvalue weighted by Gasteiger charge is -2.17. The number of thioether (sulfide) groups is 1. The number of nitrogens with two attached hydrogens (primary N) is 1. The van der Waals surface area contributed by atoms with E-state index in [1.54, 1.807) is 18.9 Å². The number of ether oxygens (including phenoxy) is 1. The van der Waals surface area contributed by atoms with Gasteiger partial charge in [-0.25, -0.2) is 0 Å². The molecule has 0 aromatic carbocycles. The molecule has 17 heavy (non-hydrogen) atoms. The second-order valence-electron chi connectivity index (χ2n) is 4.85. The molecule has 0 aliphatic heterocycles. The summed E-state index contributed by atoms with van der Waals surface area (Å²) in [4.78, 5) is 11.7. The highest BCUT2D eigenvalue weighted by Crippen LogP contribution is 2.48. The van der Waals surface area contributed by atoms with Crippen LogP contribution >= 0.6 is 11.8 Å². The van der Waals surface area contributed by atoms with Gasteiger partial charge in [-0.3, -0.25) is 4.79 Å². The zero-order valence-corrected chi connectivity index (χ0v) is 11.6. The van der Waals surface area contributed by atoms with Crippen molar-refractivity contribution in [2.75, 3.05) is 32.3 Å². The van der Waals surface area contributed by atoms with Gasteiger partial charge in [-0.05, 0) is 43.1 Å². The van der Waals surface area contributed by atoms with E-state index < -0.39 is 0 Å². The van der Waals surface area contributed by atoms with Crippen molar-refractivity contribution in [3.8, 4) is 0 Å². The number of hydrogen-bond acceptors (Lipinski definition) is 4. The number of carbonyl (C=O) groups is 1. The van der Waals surface area contributed by atoms with Crippen LogP contribution in [0.2, 0.25) is 0 Å². The highest BCUT2D eigenvalue weighted by molar-refractivity contribution is 7.98. The molecular weight excluding hydrogens is 236 g/mol. The lowest BCUT2D eigenvalue weighted by molar-refractivity contribution is -0.122. The Labute approximate surface area is 108 Å². The number of carbonyl (C=O) groups excluding carboxylic acids is 1. The molecule has 5 heteroatoms. The average Bonchev–Trinajstić information content (AvgIpc) is 3.11. The fraction of sp³-hybridized carbons (Fsp3) is 0.917. The van der Waals surface area contributed by atoms with Gasteiger partial charge >= 0.3 is 0 Å². The number of hydrogen-bond donors (Lipinski definition) is 2. The van der Waals surface area contributed by atoms with Crippen molar-refractivity contribution in [2.45, 2.75) is 31.7 Å². The van der Waals surface area contributed by atoms with Crippen molar-refractivity contribution in [1.29, 1.82) is 0 Å². The normalized spacial score (nSPS) is 18.8. The second kappa shape index (κ2) is 7.24. The van der Waals surface area contributed by atoms with Gasteiger partial charge in [0, 0.05) is 20.3 Å². The molecular formula is C12H24N2O2S. The molecule has 1 saturated carbocycles. The van der Waals surface area contributed by atoms with Crippen LogP contribution in [0.3, 0.4) is 0 Å². The van der Waals surface area contributed by atoms with Crippen LogP contribution in [0, 0.1) is 5.41 Å². The smallest absolute Gasteiger partial charge is 0.236 e. The topological polar surface area (TPSA) is 64.3 Å². The minimum absolute atomic E-state index is 0.0114. The summed E-state index contributed by atoms with van der Waals surface area (Å²) in [6, 6.07) is -0.360. The molecule has 0 aromatic heterocycles. The number of nitrogens with one attached hydrogen (secondary N) is 1. The number of amides is 1. The van der Waals surface area contributed by atoms with Crippen LogP contribution in [-0.2, 0) is 9.53 Å². The van der Waals surface area contributed by atoms with E-state index in [1.807, 2.05) is 6.26 Å². The minimum Gasteiger partial charge on any atom is -0.385 e. The van der Waals surface area contributed by atoms with E-state index in [2.05, 4.69) is 5.32 Å². The second-order valence-corrected chi connectivity index (χ2v) is 5.83.